The van der Waals surface area contributed by atoms with Crippen molar-refractivity contribution in [3.8, 4) is 11.8 Å². The van der Waals surface area contributed by atoms with Gasteiger partial charge in [0.25, 0.3) is 5.91 Å². The minimum atomic E-state index is -0.0967. The molecule has 1 aliphatic heterocycles. The van der Waals surface area contributed by atoms with Crippen LogP contribution in [0.4, 0.5) is 0 Å². The zero-order valence-electron chi connectivity index (χ0n) is 15.9. The molecule has 6 nitrogen and oxygen atoms in total. The number of hydrogen-bond acceptors (Lipinski definition) is 4. The van der Waals surface area contributed by atoms with Crippen LogP contribution in [0.5, 0.6) is 5.75 Å². The molecule has 0 unspecified atom stereocenters. The third-order valence-corrected chi connectivity index (χ3v) is 4.92. The minimum Gasteiger partial charge on any atom is -0.497 e. The summed E-state index contributed by atoms with van der Waals surface area (Å²) < 4.78 is 5.21. The summed E-state index contributed by atoms with van der Waals surface area (Å²) in [7, 11) is 1.63. The molecule has 0 aromatic heterocycles. The topological polar surface area (TPSA) is 73.6 Å². The van der Waals surface area contributed by atoms with Gasteiger partial charge in [-0.05, 0) is 42.3 Å². The summed E-state index contributed by atoms with van der Waals surface area (Å²) in [6.45, 7) is 2.06. The number of rotatable bonds is 5. The second-order valence-electron chi connectivity index (χ2n) is 6.72. The van der Waals surface area contributed by atoms with E-state index in [1.165, 1.54) is 0 Å². The molecule has 2 amide bonds. The Labute approximate surface area is 164 Å². The van der Waals surface area contributed by atoms with Gasteiger partial charge in [-0.3, -0.25) is 9.59 Å². The fourth-order valence-electron chi connectivity index (χ4n) is 3.30. The van der Waals surface area contributed by atoms with Crippen LogP contribution in [0, 0.1) is 11.3 Å². The highest BCUT2D eigenvalue weighted by molar-refractivity contribution is 5.94. The molecular weight excluding hydrogens is 354 g/mol. The Bertz CT molecular complexity index is 896. The molecule has 1 fully saturated rings. The Morgan fingerprint density at radius 2 is 1.75 bits per heavy atom. The maximum absolute atomic E-state index is 12.6. The van der Waals surface area contributed by atoms with E-state index in [1.54, 1.807) is 36.3 Å². The van der Waals surface area contributed by atoms with Gasteiger partial charge in [0.2, 0.25) is 5.91 Å². The van der Waals surface area contributed by atoms with E-state index in [4.69, 9.17) is 10.00 Å². The van der Waals surface area contributed by atoms with Crippen molar-refractivity contribution >= 4 is 11.8 Å². The summed E-state index contributed by atoms with van der Waals surface area (Å²) in [6, 6.07) is 16.5. The lowest BCUT2D eigenvalue weighted by Gasteiger charge is -2.35. The summed E-state index contributed by atoms with van der Waals surface area (Å²) in [5.74, 6) is 0.791. The normalized spacial score (nSPS) is 13.7. The predicted octanol–water partition coefficient (Wildman–Crippen LogP) is 2.48. The lowest BCUT2D eigenvalue weighted by atomic mass is 10.1. The van der Waals surface area contributed by atoms with Gasteiger partial charge in [0.1, 0.15) is 5.75 Å². The van der Waals surface area contributed by atoms with Crippen LogP contribution in [0.25, 0.3) is 0 Å². The van der Waals surface area contributed by atoms with Crippen LogP contribution in [-0.4, -0.2) is 54.9 Å². The van der Waals surface area contributed by atoms with Crippen molar-refractivity contribution in [3.05, 3.63) is 65.2 Å². The summed E-state index contributed by atoms with van der Waals surface area (Å²) in [5, 5.41) is 8.99. The molecule has 1 aliphatic rings. The average molecular weight is 377 g/mol. The van der Waals surface area contributed by atoms with E-state index >= 15 is 0 Å². The number of carbonyl (C=O) groups is 2. The molecule has 3 rings (SSSR count). The number of methoxy groups -OCH3 is 1. The number of amides is 2. The van der Waals surface area contributed by atoms with E-state index in [0.717, 1.165) is 11.3 Å². The lowest BCUT2D eigenvalue weighted by Crippen LogP contribution is -2.50. The molecule has 0 aliphatic carbocycles. The Hall–Kier alpha value is -3.33. The van der Waals surface area contributed by atoms with E-state index in [9.17, 15) is 9.59 Å². The quantitative estimate of drug-likeness (QED) is 0.802. The maximum Gasteiger partial charge on any atom is 0.254 e. The maximum atomic E-state index is 12.6. The van der Waals surface area contributed by atoms with Gasteiger partial charge in [-0.25, -0.2) is 0 Å². The molecule has 144 valence electrons. The molecule has 2 aromatic rings. The largest absolute Gasteiger partial charge is 0.497 e. The second kappa shape index (κ2) is 9.05. The van der Waals surface area contributed by atoms with Crippen molar-refractivity contribution in [1.29, 1.82) is 5.26 Å². The molecular formula is C22H23N3O3. The van der Waals surface area contributed by atoms with Gasteiger partial charge in [0, 0.05) is 38.2 Å². The zero-order chi connectivity index (χ0) is 19.9. The van der Waals surface area contributed by atoms with Crippen molar-refractivity contribution in [2.75, 3.05) is 33.3 Å². The highest BCUT2D eigenvalue weighted by Crippen LogP contribution is 2.15. The van der Waals surface area contributed by atoms with Gasteiger partial charge in [0.15, 0.2) is 0 Å². The molecule has 1 saturated heterocycles. The molecule has 1 heterocycles. The number of ether oxygens (including phenoxy) is 1. The number of hydrogen-bond donors (Lipinski definition) is 0. The SMILES string of the molecule is COc1cccc(CCC(=O)N2CCN(C(=O)c3cccc(C#N)c3)CC2)c1. The fraction of sp³-hybridized carbons (Fsp3) is 0.318. The minimum absolute atomic E-state index is 0.0967. The Balaban J connectivity index is 1.51. The molecule has 6 heteroatoms. The van der Waals surface area contributed by atoms with E-state index in [1.807, 2.05) is 29.2 Å². The first-order chi connectivity index (χ1) is 13.6. The number of benzene rings is 2. The Kier molecular flexibility index (Phi) is 6.28. The van der Waals surface area contributed by atoms with Crippen LogP contribution < -0.4 is 4.74 Å². The van der Waals surface area contributed by atoms with Crippen LogP contribution in [0.1, 0.15) is 27.9 Å². The van der Waals surface area contributed by atoms with E-state index in [-0.39, 0.29) is 11.8 Å². The van der Waals surface area contributed by atoms with Gasteiger partial charge in [0.05, 0.1) is 18.7 Å². The fourth-order valence-corrected chi connectivity index (χ4v) is 3.30. The Morgan fingerprint density at radius 3 is 2.46 bits per heavy atom. The van der Waals surface area contributed by atoms with Crippen LogP contribution in [0.2, 0.25) is 0 Å². The molecule has 0 bridgehead atoms. The third-order valence-electron chi connectivity index (χ3n) is 4.92. The lowest BCUT2D eigenvalue weighted by molar-refractivity contribution is -0.132. The van der Waals surface area contributed by atoms with Gasteiger partial charge in [-0.1, -0.05) is 18.2 Å². The van der Waals surface area contributed by atoms with Crippen LogP contribution >= 0.6 is 0 Å². The summed E-state index contributed by atoms with van der Waals surface area (Å²) >= 11 is 0. The average Bonchev–Trinajstić information content (AvgIpc) is 2.77. The first-order valence-electron chi connectivity index (χ1n) is 9.31. The highest BCUT2D eigenvalue weighted by Gasteiger charge is 2.24. The van der Waals surface area contributed by atoms with Crippen molar-refractivity contribution in [2.24, 2.45) is 0 Å². The first kappa shape index (κ1) is 19.4. The summed E-state index contributed by atoms with van der Waals surface area (Å²) in [6.07, 6.45) is 1.10. The van der Waals surface area contributed by atoms with Crippen molar-refractivity contribution in [3.63, 3.8) is 0 Å². The zero-order valence-corrected chi connectivity index (χ0v) is 15.9. The summed E-state index contributed by atoms with van der Waals surface area (Å²) in [5.41, 5.74) is 2.05. The molecule has 0 atom stereocenters. The molecule has 0 N–H and O–H groups in total. The molecule has 2 aromatic carbocycles. The molecule has 0 radical (unpaired) electrons. The van der Waals surface area contributed by atoms with E-state index in [0.29, 0.717) is 50.1 Å². The van der Waals surface area contributed by atoms with Crippen molar-refractivity contribution in [2.45, 2.75) is 12.8 Å². The van der Waals surface area contributed by atoms with Gasteiger partial charge in [-0.15, -0.1) is 0 Å². The van der Waals surface area contributed by atoms with Crippen LogP contribution in [0.15, 0.2) is 48.5 Å². The number of piperazine rings is 1. The van der Waals surface area contributed by atoms with Crippen LogP contribution in [-0.2, 0) is 11.2 Å². The Morgan fingerprint density at radius 1 is 1.04 bits per heavy atom. The predicted molar refractivity (Wildman–Crippen MR) is 105 cm³/mol. The molecule has 0 saturated carbocycles. The number of aryl methyl sites for hydroxylation is 1. The summed E-state index contributed by atoms with van der Waals surface area (Å²) in [4.78, 5) is 28.7. The van der Waals surface area contributed by atoms with E-state index in [2.05, 4.69) is 6.07 Å². The second-order valence-corrected chi connectivity index (χ2v) is 6.72. The third kappa shape index (κ3) is 4.68. The highest BCUT2D eigenvalue weighted by atomic mass is 16.5. The van der Waals surface area contributed by atoms with E-state index < -0.39 is 0 Å². The monoisotopic (exact) mass is 377 g/mol. The van der Waals surface area contributed by atoms with Gasteiger partial charge >= 0.3 is 0 Å². The molecule has 28 heavy (non-hydrogen) atoms. The van der Waals surface area contributed by atoms with Crippen molar-refractivity contribution in [1.82, 2.24) is 9.80 Å². The number of nitrogens with zero attached hydrogens (tertiary/aromatic N) is 3. The van der Waals surface area contributed by atoms with Crippen molar-refractivity contribution < 1.29 is 14.3 Å². The number of nitriles is 1. The number of carbonyl (C=O) groups excluding carboxylic acids is 2. The van der Waals surface area contributed by atoms with Gasteiger partial charge < -0.3 is 14.5 Å². The first-order valence-corrected chi connectivity index (χ1v) is 9.31. The smallest absolute Gasteiger partial charge is 0.254 e. The van der Waals surface area contributed by atoms with Crippen LogP contribution in [0.3, 0.4) is 0 Å². The van der Waals surface area contributed by atoms with Gasteiger partial charge in [-0.2, -0.15) is 5.26 Å². The molecule has 0 spiro atoms. The standard InChI is InChI=1S/C22H23N3O3/c1-28-20-7-3-4-17(15-20)8-9-21(26)24-10-12-25(13-11-24)22(27)19-6-2-5-18(14-19)16-23/h2-7,14-15H,8-13H2,1H3.